The SMILES string of the molecule is COC(C)(NC(C)(OC)OC)OC. The monoisotopic (exact) mass is 193 g/mol. The van der Waals surface area contributed by atoms with E-state index in [4.69, 9.17) is 18.9 Å². The molecule has 0 unspecified atom stereocenters. The maximum Gasteiger partial charge on any atom is 0.227 e. The van der Waals surface area contributed by atoms with Crippen LogP contribution in [0.5, 0.6) is 0 Å². The molecule has 0 rings (SSSR count). The smallest absolute Gasteiger partial charge is 0.227 e. The van der Waals surface area contributed by atoms with Gasteiger partial charge in [0.05, 0.1) is 0 Å². The van der Waals surface area contributed by atoms with Crippen LogP contribution in [0, 0.1) is 0 Å². The lowest BCUT2D eigenvalue weighted by molar-refractivity contribution is -0.306. The summed E-state index contributed by atoms with van der Waals surface area (Å²) in [5.41, 5.74) is 0. The third-order valence-electron chi connectivity index (χ3n) is 2.01. The van der Waals surface area contributed by atoms with Crippen molar-refractivity contribution in [2.24, 2.45) is 0 Å². The summed E-state index contributed by atoms with van der Waals surface area (Å²) in [5.74, 6) is -1.86. The van der Waals surface area contributed by atoms with Crippen molar-refractivity contribution in [3.8, 4) is 0 Å². The lowest BCUT2D eigenvalue weighted by Crippen LogP contribution is -2.59. The van der Waals surface area contributed by atoms with Gasteiger partial charge in [-0.05, 0) is 0 Å². The fourth-order valence-corrected chi connectivity index (χ4v) is 0.783. The third-order valence-corrected chi connectivity index (χ3v) is 2.01. The Morgan fingerprint density at radius 3 is 1.08 bits per heavy atom. The van der Waals surface area contributed by atoms with Crippen LogP contribution < -0.4 is 5.32 Å². The fraction of sp³-hybridized carbons (Fsp3) is 1.00. The van der Waals surface area contributed by atoms with Crippen LogP contribution in [0.15, 0.2) is 0 Å². The second kappa shape index (κ2) is 4.88. The second-order valence-electron chi connectivity index (χ2n) is 2.83. The highest BCUT2D eigenvalue weighted by Crippen LogP contribution is 2.14. The van der Waals surface area contributed by atoms with Gasteiger partial charge < -0.3 is 18.9 Å². The topological polar surface area (TPSA) is 49.0 Å². The first kappa shape index (κ1) is 12.8. The largest absolute Gasteiger partial charge is 0.341 e. The quantitative estimate of drug-likeness (QED) is 0.623. The van der Waals surface area contributed by atoms with E-state index in [1.165, 1.54) is 28.4 Å². The van der Waals surface area contributed by atoms with E-state index >= 15 is 0 Å². The summed E-state index contributed by atoms with van der Waals surface area (Å²) in [6, 6.07) is 0. The molecular formula is C8H19NO4. The molecule has 0 bridgehead atoms. The number of hydrogen-bond acceptors (Lipinski definition) is 5. The van der Waals surface area contributed by atoms with E-state index in [0.717, 1.165) is 0 Å². The molecule has 0 fully saturated rings. The van der Waals surface area contributed by atoms with E-state index in [2.05, 4.69) is 5.32 Å². The summed E-state index contributed by atoms with van der Waals surface area (Å²) in [7, 11) is 6.12. The Bertz CT molecular complexity index is 127. The van der Waals surface area contributed by atoms with Crippen LogP contribution in [0.2, 0.25) is 0 Å². The minimum atomic E-state index is -0.930. The van der Waals surface area contributed by atoms with E-state index < -0.39 is 11.8 Å². The van der Waals surface area contributed by atoms with Crippen molar-refractivity contribution in [3.63, 3.8) is 0 Å². The molecule has 0 aromatic rings. The van der Waals surface area contributed by atoms with Crippen LogP contribution in [0.3, 0.4) is 0 Å². The van der Waals surface area contributed by atoms with E-state index in [1.807, 2.05) is 0 Å². The van der Waals surface area contributed by atoms with Crippen molar-refractivity contribution >= 4 is 0 Å². The molecule has 13 heavy (non-hydrogen) atoms. The standard InChI is InChI=1S/C8H19NO4/c1-7(10-3,11-4)9-8(2,12-5)13-6/h9H,1-6H3. The average molecular weight is 193 g/mol. The number of nitrogens with one attached hydrogen (secondary N) is 1. The van der Waals surface area contributed by atoms with Crippen LogP contribution >= 0.6 is 0 Å². The number of hydrogen-bond donors (Lipinski definition) is 1. The van der Waals surface area contributed by atoms with Gasteiger partial charge >= 0.3 is 0 Å². The van der Waals surface area contributed by atoms with Crippen LogP contribution in [0.25, 0.3) is 0 Å². The van der Waals surface area contributed by atoms with Crippen LogP contribution in [0.1, 0.15) is 13.8 Å². The first-order valence-corrected chi connectivity index (χ1v) is 3.95. The van der Waals surface area contributed by atoms with Crippen molar-refractivity contribution in [1.29, 1.82) is 0 Å². The van der Waals surface area contributed by atoms with Crippen LogP contribution in [-0.2, 0) is 18.9 Å². The van der Waals surface area contributed by atoms with E-state index in [0.29, 0.717) is 0 Å². The van der Waals surface area contributed by atoms with Crippen LogP contribution in [-0.4, -0.2) is 40.3 Å². The van der Waals surface area contributed by atoms with Crippen molar-refractivity contribution in [1.82, 2.24) is 5.32 Å². The van der Waals surface area contributed by atoms with Gasteiger partial charge in [0.15, 0.2) is 0 Å². The van der Waals surface area contributed by atoms with Crippen molar-refractivity contribution in [3.05, 3.63) is 0 Å². The first-order valence-electron chi connectivity index (χ1n) is 3.95. The van der Waals surface area contributed by atoms with Gasteiger partial charge in [-0.2, -0.15) is 0 Å². The molecule has 80 valence electrons. The lowest BCUT2D eigenvalue weighted by Gasteiger charge is -2.36. The van der Waals surface area contributed by atoms with Gasteiger partial charge in [0.2, 0.25) is 11.8 Å². The predicted octanol–water partition coefficient (Wildman–Crippen LogP) is 0.509. The normalized spacial score (nSPS) is 13.4. The Hall–Kier alpha value is -0.200. The molecular weight excluding hydrogens is 174 g/mol. The summed E-state index contributed by atoms with van der Waals surface area (Å²) >= 11 is 0. The van der Waals surface area contributed by atoms with Gasteiger partial charge in [0.1, 0.15) is 0 Å². The molecule has 0 radical (unpaired) electrons. The molecule has 5 heteroatoms. The summed E-state index contributed by atoms with van der Waals surface area (Å²) in [6.07, 6.45) is 0. The molecule has 0 heterocycles. The number of methoxy groups -OCH3 is 4. The highest BCUT2D eigenvalue weighted by atomic mass is 16.7. The third kappa shape index (κ3) is 3.58. The van der Waals surface area contributed by atoms with Crippen molar-refractivity contribution in [2.75, 3.05) is 28.4 Å². The Morgan fingerprint density at radius 2 is 0.923 bits per heavy atom. The van der Waals surface area contributed by atoms with Crippen molar-refractivity contribution in [2.45, 2.75) is 25.7 Å². The zero-order valence-electron chi connectivity index (χ0n) is 9.13. The highest BCUT2D eigenvalue weighted by molar-refractivity contribution is 4.66. The summed E-state index contributed by atoms with van der Waals surface area (Å²) in [6.45, 7) is 3.45. The molecule has 0 aromatic carbocycles. The summed E-state index contributed by atoms with van der Waals surface area (Å²) < 4.78 is 20.4. The Morgan fingerprint density at radius 1 is 0.692 bits per heavy atom. The van der Waals surface area contributed by atoms with Gasteiger partial charge in [0.25, 0.3) is 0 Å². The van der Waals surface area contributed by atoms with E-state index in [1.54, 1.807) is 13.8 Å². The van der Waals surface area contributed by atoms with Gasteiger partial charge in [-0.1, -0.05) is 0 Å². The van der Waals surface area contributed by atoms with Gasteiger partial charge in [-0.15, -0.1) is 0 Å². The van der Waals surface area contributed by atoms with Gasteiger partial charge in [-0.25, -0.2) is 5.32 Å². The Kier molecular flexibility index (Phi) is 4.80. The van der Waals surface area contributed by atoms with Crippen LogP contribution in [0.4, 0.5) is 0 Å². The average Bonchev–Trinajstić information content (AvgIpc) is 2.17. The maximum atomic E-state index is 5.09. The maximum absolute atomic E-state index is 5.09. The lowest BCUT2D eigenvalue weighted by atomic mass is 10.4. The molecule has 1 N–H and O–H groups in total. The molecule has 0 aromatic heterocycles. The molecule has 5 nitrogen and oxygen atoms in total. The molecule has 0 aliphatic rings. The molecule has 0 saturated carbocycles. The molecule has 0 spiro atoms. The Balaban J connectivity index is 4.36. The van der Waals surface area contributed by atoms with Crippen molar-refractivity contribution < 1.29 is 18.9 Å². The Labute approximate surface area is 79.3 Å². The molecule has 0 amide bonds. The molecule has 0 saturated heterocycles. The molecule has 0 aliphatic heterocycles. The first-order chi connectivity index (χ1) is 5.95. The summed E-state index contributed by atoms with van der Waals surface area (Å²) in [4.78, 5) is 0. The van der Waals surface area contributed by atoms with Gasteiger partial charge in [-0.3, -0.25) is 0 Å². The van der Waals surface area contributed by atoms with Gasteiger partial charge in [0, 0.05) is 42.3 Å². The number of ether oxygens (including phenoxy) is 4. The highest BCUT2D eigenvalue weighted by Gasteiger charge is 2.34. The van der Waals surface area contributed by atoms with E-state index in [-0.39, 0.29) is 0 Å². The molecule has 0 aliphatic carbocycles. The number of rotatable bonds is 6. The fourth-order valence-electron chi connectivity index (χ4n) is 0.783. The predicted molar refractivity (Wildman–Crippen MR) is 48.0 cm³/mol. The second-order valence-corrected chi connectivity index (χ2v) is 2.83. The summed E-state index contributed by atoms with van der Waals surface area (Å²) in [5, 5.41) is 2.92. The minimum absolute atomic E-state index is 0.930. The minimum Gasteiger partial charge on any atom is -0.341 e. The van der Waals surface area contributed by atoms with E-state index in [9.17, 15) is 0 Å². The zero-order chi connectivity index (χ0) is 10.5. The molecule has 0 atom stereocenters. The zero-order valence-corrected chi connectivity index (χ0v) is 9.13.